The van der Waals surface area contributed by atoms with Crippen LogP contribution in [0.15, 0.2) is 59.7 Å². The zero-order valence-electron chi connectivity index (χ0n) is 36.5. The molecule has 0 radical (unpaired) electrons. The van der Waals surface area contributed by atoms with E-state index in [-0.39, 0.29) is 49.1 Å². The van der Waals surface area contributed by atoms with Crippen molar-refractivity contribution in [3.05, 3.63) is 76.5 Å². The average molecular weight is 897 g/mol. The van der Waals surface area contributed by atoms with Gasteiger partial charge in [0.2, 0.25) is 17.8 Å². The summed E-state index contributed by atoms with van der Waals surface area (Å²) in [6, 6.07) is 14.0. The molecule has 65 heavy (non-hydrogen) atoms. The Balaban J connectivity index is 0.713. The average Bonchev–Trinajstić information content (AvgIpc) is 3.76. The number of benzene rings is 2. The van der Waals surface area contributed by atoms with Gasteiger partial charge in [0.25, 0.3) is 0 Å². The van der Waals surface area contributed by atoms with Gasteiger partial charge >= 0.3 is 11.9 Å². The van der Waals surface area contributed by atoms with Crippen molar-refractivity contribution in [3.8, 4) is 23.0 Å². The highest BCUT2D eigenvalue weighted by atomic mass is 19.4. The van der Waals surface area contributed by atoms with Gasteiger partial charge in [-0.05, 0) is 61.4 Å². The van der Waals surface area contributed by atoms with E-state index in [2.05, 4.69) is 82.2 Å². The summed E-state index contributed by atoms with van der Waals surface area (Å²) in [6.07, 6.45) is 1.71. The molecular formula is C47H55F3N10O5. The number of hydrogen-bond acceptors (Lipinski definition) is 11. The number of piperidine rings is 1. The summed E-state index contributed by atoms with van der Waals surface area (Å²) in [5.74, 6) is 5.59. The van der Waals surface area contributed by atoms with Crippen molar-refractivity contribution in [1.82, 2.24) is 43.7 Å². The fraction of sp³-hybridized carbons (Fsp3) is 0.511. The van der Waals surface area contributed by atoms with Crippen LogP contribution in [0, 0.1) is 11.8 Å². The van der Waals surface area contributed by atoms with Gasteiger partial charge in [-0.3, -0.25) is 38.7 Å². The minimum atomic E-state index is -4.27. The van der Waals surface area contributed by atoms with E-state index >= 15 is 0 Å². The number of fused-ring (bicyclic) bond motifs is 2. The van der Waals surface area contributed by atoms with Crippen molar-refractivity contribution in [2.24, 2.45) is 7.05 Å². The summed E-state index contributed by atoms with van der Waals surface area (Å²) in [6.45, 7) is 8.37. The van der Waals surface area contributed by atoms with Gasteiger partial charge in [0.05, 0.1) is 30.2 Å². The van der Waals surface area contributed by atoms with Crippen molar-refractivity contribution in [2.45, 2.75) is 81.9 Å². The Morgan fingerprint density at radius 3 is 2.45 bits per heavy atom. The van der Waals surface area contributed by atoms with Gasteiger partial charge < -0.3 is 19.7 Å². The first kappa shape index (κ1) is 44.6. The second kappa shape index (κ2) is 19.1. The molecule has 0 spiro atoms. The number of carbonyl (C=O) groups excluding carboxylic acids is 2. The van der Waals surface area contributed by atoms with Crippen LogP contribution in [0.4, 0.5) is 19.1 Å². The van der Waals surface area contributed by atoms with Crippen LogP contribution in [0.2, 0.25) is 0 Å². The van der Waals surface area contributed by atoms with Crippen LogP contribution in [-0.4, -0.2) is 139 Å². The molecule has 5 aromatic rings. The Morgan fingerprint density at radius 1 is 0.938 bits per heavy atom. The lowest BCUT2D eigenvalue weighted by Gasteiger charge is -2.48. The quantitative estimate of drug-likeness (QED) is 0.0874. The highest BCUT2D eigenvalue weighted by molar-refractivity contribution is 6.00. The smallest absolute Gasteiger partial charge is 0.390 e. The predicted molar refractivity (Wildman–Crippen MR) is 239 cm³/mol. The lowest BCUT2D eigenvalue weighted by molar-refractivity contribution is -0.136. The number of aromatic nitrogens is 5. The monoisotopic (exact) mass is 896 g/mol. The van der Waals surface area contributed by atoms with E-state index in [0.29, 0.717) is 48.8 Å². The molecule has 1 saturated carbocycles. The number of amides is 2. The van der Waals surface area contributed by atoms with Crippen molar-refractivity contribution in [2.75, 3.05) is 70.9 Å². The number of piperazine rings is 1. The first-order valence-electron chi connectivity index (χ1n) is 22.6. The van der Waals surface area contributed by atoms with Gasteiger partial charge in [0.15, 0.2) is 0 Å². The van der Waals surface area contributed by atoms with Crippen LogP contribution in [0.25, 0.3) is 33.2 Å². The molecule has 3 saturated heterocycles. The van der Waals surface area contributed by atoms with Gasteiger partial charge in [-0.15, -0.1) is 0 Å². The van der Waals surface area contributed by atoms with Crippen molar-refractivity contribution in [3.63, 3.8) is 0 Å². The van der Waals surface area contributed by atoms with E-state index in [0.717, 1.165) is 87.3 Å². The molecule has 9 rings (SSSR count). The van der Waals surface area contributed by atoms with E-state index in [1.807, 2.05) is 12.1 Å². The predicted octanol–water partition coefficient (Wildman–Crippen LogP) is 4.44. The Hall–Kier alpha value is -5.58. The second-order valence-electron chi connectivity index (χ2n) is 17.8. The first-order valence-corrected chi connectivity index (χ1v) is 22.6. The van der Waals surface area contributed by atoms with E-state index in [1.165, 1.54) is 14.7 Å². The maximum Gasteiger partial charge on any atom is 0.390 e. The molecule has 4 fully saturated rings. The number of aliphatic hydroxyl groups excluding tert-OH is 1. The Bertz CT molecular complexity index is 2640. The molecule has 0 unspecified atom stereocenters. The van der Waals surface area contributed by atoms with Crippen LogP contribution in [0.3, 0.4) is 0 Å². The fourth-order valence-electron chi connectivity index (χ4n) is 9.69. The van der Waals surface area contributed by atoms with Crippen LogP contribution in [0.5, 0.6) is 0 Å². The summed E-state index contributed by atoms with van der Waals surface area (Å²) in [5.41, 5.74) is 5.64. The number of hydrogen-bond donors (Lipinski definition) is 3. The second-order valence-corrected chi connectivity index (χ2v) is 17.8. The summed E-state index contributed by atoms with van der Waals surface area (Å²) < 4.78 is 49.3. The number of anilines is 1. The van der Waals surface area contributed by atoms with Gasteiger partial charge in [0.1, 0.15) is 18.3 Å². The number of nitrogens with one attached hydrogen (secondary N) is 2. The summed E-state index contributed by atoms with van der Waals surface area (Å²) in [4.78, 5) is 53.7. The van der Waals surface area contributed by atoms with Gasteiger partial charge in [-0.1, -0.05) is 36.1 Å². The van der Waals surface area contributed by atoms with Crippen molar-refractivity contribution in [1.29, 1.82) is 0 Å². The lowest BCUT2D eigenvalue weighted by atomic mass is 9.93. The third-order valence-electron chi connectivity index (χ3n) is 13.4. The maximum atomic E-state index is 13.0. The molecule has 15 nitrogen and oxygen atoms in total. The molecule has 6 heterocycles. The molecule has 2 aromatic carbocycles. The highest BCUT2D eigenvalue weighted by Gasteiger charge is 2.34. The van der Waals surface area contributed by atoms with Crippen LogP contribution in [-0.2, 0) is 27.9 Å². The van der Waals surface area contributed by atoms with Crippen LogP contribution < -0.4 is 16.3 Å². The number of nitrogens with zero attached hydrogens (tertiary/aromatic N) is 8. The molecule has 2 amide bonds. The SMILES string of the molecule is Cn1c(=O)n([C@H]2CCC(=O)NC2=O)c2ccc(C#CCOCCN3CC(N4CCN(Cc5ccc(-c6cn(C7CCC(O)CC7)c7nc(NCCC(F)(F)F)ncc67)cc5)CC4)C3)cc21. The Labute approximate surface area is 374 Å². The maximum absolute atomic E-state index is 13.0. The Kier molecular flexibility index (Phi) is 13.1. The van der Waals surface area contributed by atoms with Crippen LogP contribution >= 0.6 is 0 Å². The van der Waals surface area contributed by atoms with Gasteiger partial charge in [-0.25, -0.2) is 9.78 Å². The van der Waals surface area contributed by atoms with Crippen LogP contribution in [0.1, 0.15) is 68.2 Å². The van der Waals surface area contributed by atoms with E-state index in [9.17, 15) is 32.7 Å². The standard InChI is InChI=1S/C47H55F3N10O5/c1-55-41-25-31(6-13-39(41)60(46(55)64)40-14-15-42(62)53-44(40)63)3-2-23-65-24-22-57-28-35(29-57)58-20-18-56(19-21-58)27-32-4-7-33(8-5-32)38-30-59(34-9-11-36(61)12-10-34)43-37(38)26-52-45(54-43)51-17-16-47(48,49)50/h4-8,13,25-26,30,34-36,40,61H,9-12,14-24,27-29H2,1H3,(H,51,52,54)(H,53,62,63)/t34?,36?,40-/m0/s1. The zero-order chi connectivity index (χ0) is 45.2. The molecule has 3 N–H and O–H groups in total. The molecular weight excluding hydrogens is 842 g/mol. The Morgan fingerprint density at radius 2 is 1.71 bits per heavy atom. The summed E-state index contributed by atoms with van der Waals surface area (Å²) in [5, 5.41) is 16.1. The number of ether oxygens (including phenoxy) is 1. The summed E-state index contributed by atoms with van der Waals surface area (Å²) >= 11 is 0. The van der Waals surface area contributed by atoms with Gasteiger partial charge in [0, 0.05) is 113 Å². The van der Waals surface area contributed by atoms with E-state index in [1.54, 1.807) is 19.3 Å². The van der Waals surface area contributed by atoms with Gasteiger partial charge in [-0.2, -0.15) is 18.2 Å². The topological polar surface area (TPSA) is 155 Å². The highest BCUT2D eigenvalue weighted by Crippen LogP contribution is 2.37. The number of imide groups is 1. The molecule has 344 valence electrons. The van der Waals surface area contributed by atoms with Crippen molar-refractivity contribution < 1.29 is 32.6 Å². The minimum Gasteiger partial charge on any atom is -0.393 e. The number of rotatable bonds is 13. The molecule has 18 heteroatoms. The molecule has 4 aliphatic rings. The minimum absolute atomic E-state index is 0.132. The number of alkyl halides is 3. The summed E-state index contributed by atoms with van der Waals surface area (Å²) in [7, 11) is 1.66. The molecule has 3 aliphatic heterocycles. The van der Waals surface area contributed by atoms with E-state index < -0.39 is 24.5 Å². The zero-order valence-corrected chi connectivity index (χ0v) is 36.5. The van der Waals surface area contributed by atoms with Crippen molar-refractivity contribution >= 4 is 39.8 Å². The number of aryl methyl sites for hydroxylation is 1. The molecule has 1 atom stereocenters. The number of aliphatic hydroxyl groups is 1. The third kappa shape index (κ3) is 10.1. The number of imidazole rings is 1. The number of halogens is 3. The molecule has 3 aromatic heterocycles. The number of likely N-dealkylation sites (tertiary alicyclic amines) is 1. The fourth-order valence-corrected chi connectivity index (χ4v) is 9.69. The first-order chi connectivity index (χ1) is 31.4. The number of carbonyl (C=O) groups is 2. The molecule has 1 aliphatic carbocycles. The molecule has 0 bridgehead atoms. The largest absolute Gasteiger partial charge is 0.393 e. The normalized spacial score (nSPS) is 21.6. The third-order valence-corrected chi connectivity index (χ3v) is 13.4. The van der Waals surface area contributed by atoms with E-state index in [4.69, 9.17) is 4.74 Å². The lowest BCUT2D eigenvalue weighted by Crippen LogP contribution is -2.63.